The molecule has 2 aromatic carbocycles. The second kappa shape index (κ2) is 8.13. The second-order valence-electron chi connectivity index (χ2n) is 7.11. The number of carbonyl (C=O) groups is 1. The molecule has 31 heavy (non-hydrogen) atoms. The van der Waals surface area contributed by atoms with E-state index in [1.54, 1.807) is 23.1 Å². The van der Waals surface area contributed by atoms with Crippen LogP contribution in [0.4, 0.5) is 13.2 Å². The van der Waals surface area contributed by atoms with E-state index in [1.165, 1.54) is 6.07 Å². The average Bonchev–Trinajstić information content (AvgIpc) is 3.22. The molecule has 0 spiro atoms. The van der Waals surface area contributed by atoms with Crippen molar-refractivity contribution in [2.75, 3.05) is 13.7 Å². The first-order valence-electron chi connectivity index (χ1n) is 9.37. The summed E-state index contributed by atoms with van der Waals surface area (Å²) in [6.45, 7) is 0.840. The molecule has 1 aliphatic rings. The number of nitrogens with zero attached hydrogens (tertiary/aromatic N) is 2. The number of amides is 1. The van der Waals surface area contributed by atoms with Crippen LogP contribution in [0.1, 0.15) is 33.2 Å². The standard InChI is InChI=1S/C22H17Cl2F3N2O2/c1-31-19-7-5-14(11-15(19)22(25,26)27)21(30)29-10-9-28-8-2-3-18(28)20(29)13-4-6-16(23)17(24)12-13/h2-8,11-12,20H,9-10H2,1H3/t20-/m0/s1. The highest BCUT2D eigenvalue weighted by atomic mass is 35.5. The third-order valence-electron chi connectivity index (χ3n) is 5.31. The summed E-state index contributed by atoms with van der Waals surface area (Å²) in [5.74, 6) is -0.853. The molecule has 1 aromatic heterocycles. The lowest BCUT2D eigenvalue weighted by molar-refractivity contribution is -0.138. The van der Waals surface area contributed by atoms with Crippen molar-refractivity contribution in [1.82, 2.24) is 9.47 Å². The molecule has 0 radical (unpaired) electrons. The molecule has 162 valence electrons. The van der Waals surface area contributed by atoms with Crippen molar-refractivity contribution in [3.8, 4) is 5.75 Å². The Bertz CT molecular complexity index is 1140. The zero-order chi connectivity index (χ0) is 22.3. The van der Waals surface area contributed by atoms with Gasteiger partial charge in [0.2, 0.25) is 0 Å². The molecule has 0 unspecified atom stereocenters. The Balaban J connectivity index is 1.79. The predicted molar refractivity (Wildman–Crippen MR) is 112 cm³/mol. The highest BCUT2D eigenvalue weighted by Gasteiger charge is 2.37. The maximum absolute atomic E-state index is 13.5. The highest BCUT2D eigenvalue weighted by molar-refractivity contribution is 6.42. The summed E-state index contributed by atoms with van der Waals surface area (Å²) in [4.78, 5) is 14.9. The Kier molecular flexibility index (Phi) is 5.66. The molecular weight excluding hydrogens is 452 g/mol. The van der Waals surface area contributed by atoms with E-state index >= 15 is 0 Å². The van der Waals surface area contributed by atoms with Gasteiger partial charge in [-0.1, -0.05) is 29.3 Å². The summed E-state index contributed by atoms with van der Waals surface area (Å²) in [7, 11) is 1.16. The molecule has 1 atom stereocenters. The predicted octanol–water partition coefficient (Wildman–Crippen LogP) is 6.07. The number of methoxy groups -OCH3 is 1. The number of ether oxygens (including phenoxy) is 1. The van der Waals surface area contributed by atoms with Gasteiger partial charge in [0.05, 0.1) is 28.8 Å². The normalized spacial score (nSPS) is 16.2. The first-order chi connectivity index (χ1) is 14.7. The number of fused-ring (bicyclic) bond motifs is 1. The Hall–Kier alpha value is -2.64. The highest BCUT2D eigenvalue weighted by Crippen LogP contribution is 2.39. The van der Waals surface area contributed by atoms with Gasteiger partial charge in [0.1, 0.15) is 5.75 Å². The van der Waals surface area contributed by atoms with E-state index in [0.29, 0.717) is 28.7 Å². The molecule has 1 aliphatic heterocycles. The van der Waals surface area contributed by atoms with E-state index < -0.39 is 23.7 Å². The first-order valence-corrected chi connectivity index (χ1v) is 10.1. The maximum Gasteiger partial charge on any atom is 0.419 e. The molecule has 0 bridgehead atoms. The minimum Gasteiger partial charge on any atom is -0.496 e. The van der Waals surface area contributed by atoms with Crippen molar-refractivity contribution in [3.63, 3.8) is 0 Å². The fourth-order valence-corrected chi connectivity index (χ4v) is 4.17. The lowest BCUT2D eigenvalue weighted by atomic mass is 9.98. The summed E-state index contributed by atoms with van der Waals surface area (Å²) < 4.78 is 47.2. The number of rotatable bonds is 3. The number of hydrogen-bond donors (Lipinski definition) is 0. The minimum absolute atomic E-state index is 0.0711. The van der Waals surface area contributed by atoms with E-state index in [1.807, 2.05) is 22.9 Å². The van der Waals surface area contributed by atoms with Gasteiger partial charge in [-0.2, -0.15) is 13.2 Å². The smallest absolute Gasteiger partial charge is 0.419 e. The molecule has 2 heterocycles. The van der Waals surface area contributed by atoms with Crippen molar-refractivity contribution in [2.24, 2.45) is 0 Å². The van der Waals surface area contributed by atoms with Crippen LogP contribution in [-0.2, 0) is 12.7 Å². The average molecular weight is 469 g/mol. The van der Waals surface area contributed by atoms with Crippen molar-refractivity contribution in [3.05, 3.63) is 87.2 Å². The fraction of sp³-hybridized carbons (Fsp3) is 0.227. The van der Waals surface area contributed by atoms with E-state index in [0.717, 1.165) is 24.9 Å². The van der Waals surface area contributed by atoms with Crippen LogP contribution < -0.4 is 4.74 Å². The van der Waals surface area contributed by atoms with Crippen LogP contribution in [0.15, 0.2) is 54.7 Å². The number of benzene rings is 2. The molecule has 3 aromatic rings. The van der Waals surface area contributed by atoms with Gasteiger partial charge in [-0.3, -0.25) is 4.79 Å². The summed E-state index contributed by atoms with van der Waals surface area (Å²) >= 11 is 12.2. The Morgan fingerprint density at radius 3 is 2.52 bits per heavy atom. The van der Waals surface area contributed by atoms with E-state index in [-0.39, 0.29) is 11.3 Å². The summed E-state index contributed by atoms with van der Waals surface area (Å²) in [6, 6.07) is 11.6. The van der Waals surface area contributed by atoms with Gasteiger partial charge < -0.3 is 14.2 Å². The molecule has 0 fully saturated rings. The van der Waals surface area contributed by atoms with Gasteiger partial charge in [0.15, 0.2) is 0 Å². The van der Waals surface area contributed by atoms with E-state index in [9.17, 15) is 18.0 Å². The van der Waals surface area contributed by atoms with E-state index in [2.05, 4.69) is 0 Å². The molecule has 0 N–H and O–H groups in total. The first kappa shape index (κ1) is 21.6. The minimum atomic E-state index is -4.65. The van der Waals surface area contributed by atoms with E-state index in [4.69, 9.17) is 27.9 Å². The second-order valence-corrected chi connectivity index (χ2v) is 7.93. The Morgan fingerprint density at radius 2 is 1.84 bits per heavy atom. The molecule has 1 amide bonds. The van der Waals surface area contributed by atoms with Gasteiger partial charge in [-0.25, -0.2) is 0 Å². The van der Waals surface area contributed by atoms with Crippen LogP contribution in [0.2, 0.25) is 10.0 Å². The summed E-state index contributed by atoms with van der Waals surface area (Å²) in [6.07, 6.45) is -2.75. The molecule has 9 heteroatoms. The van der Waals surface area contributed by atoms with Crippen LogP contribution in [0, 0.1) is 0 Å². The Morgan fingerprint density at radius 1 is 1.06 bits per heavy atom. The van der Waals surface area contributed by atoms with Crippen molar-refractivity contribution in [2.45, 2.75) is 18.8 Å². The van der Waals surface area contributed by atoms with Crippen molar-refractivity contribution >= 4 is 29.1 Å². The summed E-state index contributed by atoms with van der Waals surface area (Å²) in [5, 5.41) is 0.707. The van der Waals surface area contributed by atoms with Crippen LogP contribution in [-0.4, -0.2) is 29.0 Å². The zero-order valence-electron chi connectivity index (χ0n) is 16.3. The maximum atomic E-state index is 13.5. The summed E-state index contributed by atoms with van der Waals surface area (Å²) in [5.41, 5.74) is 0.486. The lowest BCUT2D eigenvalue weighted by Crippen LogP contribution is -2.42. The number of alkyl halides is 3. The number of aromatic nitrogens is 1. The van der Waals surface area contributed by atoms with Gasteiger partial charge in [0, 0.05) is 30.5 Å². The van der Waals surface area contributed by atoms with Crippen LogP contribution in [0.3, 0.4) is 0 Å². The number of carbonyl (C=O) groups excluding carboxylic acids is 1. The quantitative estimate of drug-likeness (QED) is 0.467. The van der Waals surface area contributed by atoms with Crippen LogP contribution in [0.5, 0.6) is 5.75 Å². The Labute approximate surface area is 186 Å². The zero-order valence-corrected chi connectivity index (χ0v) is 17.8. The number of hydrogen-bond acceptors (Lipinski definition) is 2. The lowest BCUT2D eigenvalue weighted by Gasteiger charge is -2.37. The third-order valence-corrected chi connectivity index (χ3v) is 6.05. The molecule has 4 nitrogen and oxygen atoms in total. The molecule has 0 saturated carbocycles. The van der Waals surface area contributed by atoms with Crippen molar-refractivity contribution in [1.29, 1.82) is 0 Å². The van der Waals surface area contributed by atoms with Gasteiger partial charge in [-0.05, 0) is 48.0 Å². The SMILES string of the molecule is COc1ccc(C(=O)N2CCn3cccc3[C@@H]2c2ccc(Cl)c(Cl)c2)cc1C(F)(F)F. The van der Waals surface area contributed by atoms with Crippen LogP contribution >= 0.6 is 23.2 Å². The van der Waals surface area contributed by atoms with Crippen LogP contribution in [0.25, 0.3) is 0 Å². The van der Waals surface area contributed by atoms with Gasteiger partial charge in [-0.15, -0.1) is 0 Å². The molecular formula is C22H17Cl2F3N2O2. The van der Waals surface area contributed by atoms with Gasteiger partial charge in [0.25, 0.3) is 5.91 Å². The number of halogens is 5. The molecule has 4 rings (SSSR count). The fourth-order valence-electron chi connectivity index (χ4n) is 3.86. The topological polar surface area (TPSA) is 34.5 Å². The molecule has 0 saturated heterocycles. The monoisotopic (exact) mass is 468 g/mol. The third kappa shape index (κ3) is 4.00. The largest absolute Gasteiger partial charge is 0.496 e. The van der Waals surface area contributed by atoms with Gasteiger partial charge >= 0.3 is 6.18 Å². The van der Waals surface area contributed by atoms with Crippen molar-refractivity contribution < 1.29 is 22.7 Å². The molecule has 0 aliphatic carbocycles.